The van der Waals surface area contributed by atoms with Crippen molar-refractivity contribution in [2.75, 3.05) is 13.1 Å². The van der Waals surface area contributed by atoms with Crippen LogP contribution in [0.2, 0.25) is 0 Å². The molecule has 1 N–H and O–H groups in total. The zero-order valence-corrected chi connectivity index (χ0v) is 13.2. The van der Waals surface area contributed by atoms with Crippen LogP contribution in [0.25, 0.3) is 0 Å². The van der Waals surface area contributed by atoms with Gasteiger partial charge in [-0.05, 0) is 31.7 Å². The van der Waals surface area contributed by atoms with Gasteiger partial charge in [-0.1, -0.05) is 43.7 Å². The van der Waals surface area contributed by atoms with Crippen LogP contribution < -0.4 is 0 Å². The molecular formula is C18H27NO2. The number of benzene rings is 1. The van der Waals surface area contributed by atoms with Crippen LogP contribution in [0, 0.1) is 5.92 Å². The van der Waals surface area contributed by atoms with E-state index in [0.29, 0.717) is 6.54 Å². The Kier molecular flexibility index (Phi) is 5.80. The molecule has 0 spiro atoms. The molecule has 0 aliphatic carbocycles. The smallest absolute Gasteiger partial charge is 0.230 e. The Morgan fingerprint density at radius 1 is 1.38 bits per heavy atom. The average molecular weight is 289 g/mol. The van der Waals surface area contributed by atoms with Crippen molar-refractivity contribution in [3.63, 3.8) is 0 Å². The Hall–Kier alpha value is -1.35. The summed E-state index contributed by atoms with van der Waals surface area (Å²) >= 11 is 0. The van der Waals surface area contributed by atoms with E-state index < -0.39 is 0 Å². The van der Waals surface area contributed by atoms with Crippen LogP contribution in [0.5, 0.6) is 0 Å². The maximum atomic E-state index is 12.9. The Labute approximate surface area is 128 Å². The molecule has 1 heterocycles. The minimum absolute atomic E-state index is 0.0380. The van der Waals surface area contributed by atoms with Crippen LogP contribution in [0.4, 0.5) is 0 Å². The summed E-state index contributed by atoms with van der Waals surface area (Å²) in [7, 11) is 0. The first-order chi connectivity index (χ1) is 10.1. The fraction of sp³-hybridized carbons (Fsp3) is 0.611. The van der Waals surface area contributed by atoms with E-state index in [4.69, 9.17) is 0 Å². The third-order valence-electron chi connectivity index (χ3n) is 4.53. The van der Waals surface area contributed by atoms with Crippen LogP contribution in [0.1, 0.15) is 51.0 Å². The Morgan fingerprint density at radius 3 is 2.71 bits per heavy atom. The number of amides is 1. The molecule has 0 radical (unpaired) electrons. The summed E-state index contributed by atoms with van der Waals surface area (Å²) in [5.74, 6) is 0.415. The van der Waals surface area contributed by atoms with Gasteiger partial charge in [0.2, 0.25) is 5.91 Å². The lowest BCUT2D eigenvalue weighted by Crippen LogP contribution is -2.44. The highest BCUT2D eigenvalue weighted by atomic mass is 16.3. The maximum absolute atomic E-state index is 12.9. The molecule has 3 nitrogen and oxygen atoms in total. The van der Waals surface area contributed by atoms with E-state index in [-0.39, 0.29) is 23.8 Å². The summed E-state index contributed by atoms with van der Waals surface area (Å²) in [5, 5.41) is 9.80. The van der Waals surface area contributed by atoms with Gasteiger partial charge in [0.05, 0.1) is 12.0 Å². The van der Waals surface area contributed by atoms with Gasteiger partial charge in [-0.3, -0.25) is 4.79 Å². The molecule has 1 aliphatic heterocycles. The van der Waals surface area contributed by atoms with E-state index in [0.717, 1.165) is 37.8 Å². The number of carbonyl (C=O) groups excluding carboxylic acids is 1. The first-order valence-electron chi connectivity index (χ1n) is 8.15. The average Bonchev–Trinajstić information content (AvgIpc) is 2.53. The van der Waals surface area contributed by atoms with Crippen LogP contribution in [-0.2, 0) is 4.79 Å². The minimum atomic E-state index is -0.332. The van der Waals surface area contributed by atoms with Crippen molar-refractivity contribution in [1.82, 2.24) is 4.90 Å². The van der Waals surface area contributed by atoms with E-state index in [2.05, 4.69) is 6.92 Å². The summed E-state index contributed by atoms with van der Waals surface area (Å²) in [6, 6.07) is 10.1. The quantitative estimate of drug-likeness (QED) is 0.904. The van der Waals surface area contributed by atoms with Crippen LogP contribution in [0.15, 0.2) is 30.3 Å². The highest BCUT2D eigenvalue weighted by molar-refractivity contribution is 5.83. The number of piperidine rings is 1. The molecule has 3 atom stereocenters. The van der Waals surface area contributed by atoms with Gasteiger partial charge >= 0.3 is 0 Å². The van der Waals surface area contributed by atoms with Crippen molar-refractivity contribution >= 4 is 5.91 Å². The summed E-state index contributed by atoms with van der Waals surface area (Å²) in [5.41, 5.74) is 1.11. The summed E-state index contributed by atoms with van der Waals surface area (Å²) in [6.07, 6.45) is 3.57. The molecule has 0 saturated carbocycles. The van der Waals surface area contributed by atoms with Gasteiger partial charge in [0.25, 0.3) is 0 Å². The number of aliphatic hydroxyl groups is 1. The maximum Gasteiger partial charge on any atom is 0.230 e. The van der Waals surface area contributed by atoms with Crippen LogP contribution >= 0.6 is 0 Å². The predicted molar refractivity (Wildman–Crippen MR) is 85.1 cm³/mol. The summed E-state index contributed by atoms with van der Waals surface area (Å²) in [6.45, 7) is 5.48. The number of carbonyl (C=O) groups is 1. The SMILES string of the molecule is CCCC(C(=O)N1CCCC(C(C)O)C1)c1ccccc1. The van der Waals surface area contributed by atoms with Gasteiger partial charge in [-0.2, -0.15) is 0 Å². The van der Waals surface area contributed by atoms with Crippen molar-refractivity contribution < 1.29 is 9.90 Å². The van der Waals surface area contributed by atoms with Gasteiger partial charge < -0.3 is 10.0 Å². The van der Waals surface area contributed by atoms with E-state index >= 15 is 0 Å². The van der Waals surface area contributed by atoms with Gasteiger partial charge in [0.15, 0.2) is 0 Å². The van der Waals surface area contributed by atoms with E-state index in [1.807, 2.05) is 42.2 Å². The summed E-state index contributed by atoms with van der Waals surface area (Å²) in [4.78, 5) is 14.9. The molecule has 116 valence electrons. The van der Waals surface area contributed by atoms with E-state index in [1.165, 1.54) is 0 Å². The van der Waals surface area contributed by atoms with Crippen LogP contribution in [-0.4, -0.2) is 35.1 Å². The summed E-state index contributed by atoms with van der Waals surface area (Å²) < 4.78 is 0. The third-order valence-corrected chi connectivity index (χ3v) is 4.53. The molecule has 0 bridgehead atoms. The van der Waals surface area contributed by atoms with Gasteiger partial charge in [0, 0.05) is 19.0 Å². The number of rotatable bonds is 5. The molecule has 1 saturated heterocycles. The van der Waals surface area contributed by atoms with Crippen molar-refractivity contribution in [2.45, 2.75) is 51.6 Å². The largest absolute Gasteiger partial charge is 0.393 e. The van der Waals surface area contributed by atoms with Crippen molar-refractivity contribution in [3.05, 3.63) is 35.9 Å². The van der Waals surface area contributed by atoms with E-state index in [9.17, 15) is 9.90 Å². The number of aliphatic hydroxyl groups excluding tert-OH is 1. The zero-order valence-electron chi connectivity index (χ0n) is 13.2. The van der Waals surface area contributed by atoms with Gasteiger partial charge in [0.1, 0.15) is 0 Å². The van der Waals surface area contributed by atoms with Crippen molar-refractivity contribution in [2.24, 2.45) is 5.92 Å². The fourth-order valence-electron chi connectivity index (χ4n) is 3.23. The minimum Gasteiger partial charge on any atom is -0.393 e. The zero-order chi connectivity index (χ0) is 15.2. The van der Waals surface area contributed by atoms with Gasteiger partial charge in [-0.25, -0.2) is 0 Å². The third kappa shape index (κ3) is 4.07. The standard InChI is InChI=1S/C18H27NO2/c1-3-8-17(15-9-5-4-6-10-15)18(21)19-12-7-11-16(13-19)14(2)20/h4-6,9-10,14,16-17,20H,3,7-8,11-13H2,1-2H3. The molecule has 3 heteroatoms. The molecule has 3 unspecified atom stereocenters. The monoisotopic (exact) mass is 289 g/mol. The van der Waals surface area contributed by atoms with Crippen molar-refractivity contribution in [1.29, 1.82) is 0 Å². The first kappa shape index (κ1) is 16.0. The van der Waals surface area contributed by atoms with Crippen LogP contribution in [0.3, 0.4) is 0 Å². The molecular weight excluding hydrogens is 262 g/mol. The highest BCUT2D eigenvalue weighted by Crippen LogP contribution is 2.27. The second kappa shape index (κ2) is 7.60. The van der Waals surface area contributed by atoms with E-state index in [1.54, 1.807) is 0 Å². The molecule has 1 aromatic carbocycles. The molecule has 1 aliphatic rings. The Morgan fingerprint density at radius 2 is 2.10 bits per heavy atom. The normalized spacial score (nSPS) is 21.9. The highest BCUT2D eigenvalue weighted by Gasteiger charge is 2.30. The molecule has 1 amide bonds. The number of nitrogens with zero attached hydrogens (tertiary/aromatic N) is 1. The Balaban J connectivity index is 2.11. The lowest BCUT2D eigenvalue weighted by Gasteiger charge is -2.36. The first-order valence-corrected chi connectivity index (χ1v) is 8.15. The molecule has 0 aromatic heterocycles. The molecule has 2 rings (SSSR count). The molecule has 21 heavy (non-hydrogen) atoms. The second-order valence-corrected chi connectivity index (χ2v) is 6.18. The Bertz CT molecular complexity index is 444. The lowest BCUT2D eigenvalue weighted by molar-refractivity contribution is -0.135. The molecule has 1 fully saturated rings. The topological polar surface area (TPSA) is 40.5 Å². The predicted octanol–water partition coefficient (Wildman–Crippen LogP) is 3.19. The fourth-order valence-corrected chi connectivity index (χ4v) is 3.23. The number of hydrogen-bond donors (Lipinski definition) is 1. The number of hydrogen-bond acceptors (Lipinski definition) is 2. The second-order valence-electron chi connectivity index (χ2n) is 6.18. The lowest BCUT2D eigenvalue weighted by atomic mass is 9.89. The number of likely N-dealkylation sites (tertiary alicyclic amines) is 1. The van der Waals surface area contributed by atoms with Gasteiger partial charge in [-0.15, -0.1) is 0 Å². The van der Waals surface area contributed by atoms with Crippen molar-refractivity contribution in [3.8, 4) is 0 Å². The molecule has 1 aromatic rings.